The molecule has 1 aliphatic carbocycles. The Balaban J connectivity index is 2.10. The highest BCUT2D eigenvalue weighted by Crippen LogP contribution is 2.39. The van der Waals surface area contributed by atoms with Gasteiger partial charge in [-0.25, -0.2) is 0 Å². The molecule has 1 saturated heterocycles. The average molecular weight is 259 g/mol. The van der Waals surface area contributed by atoms with Crippen LogP contribution in [0.3, 0.4) is 0 Å². The highest BCUT2D eigenvalue weighted by molar-refractivity contribution is 6.66. The van der Waals surface area contributed by atoms with Crippen LogP contribution in [0.15, 0.2) is 0 Å². The lowest BCUT2D eigenvalue weighted by Gasteiger charge is -2.45. The Labute approximate surface area is 106 Å². The van der Waals surface area contributed by atoms with Gasteiger partial charge in [-0.15, -0.1) is 0 Å². The smallest absolute Gasteiger partial charge is 0.386 e. The fourth-order valence-electron chi connectivity index (χ4n) is 3.28. The van der Waals surface area contributed by atoms with E-state index in [1.165, 1.54) is 32.1 Å². The van der Waals surface area contributed by atoms with Crippen LogP contribution in [0.5, 0.6) is 0 Å². The minimum absolute atomic E-state index is 0.629. The highest BCUT2D eigenvalue weighted by Gasteiger charge is 2.51. The molecule has 1 heterocycles. The van der Waals surface area contributed by atoms with Gasteiger partial charge in [0, 0.05) is 32.9 Å². The third-order valence-corrected chi connectivity index (χ3v) is 8.27. The summed E-state index contributed by atoms with van der Waals surface area (Å²) >= 11 is 0. The molecule has 0 spiro atoms. The van der Waals surface area contributed by atoms with Crippen LogP contribution >= 0.6 is 0 Å². The molecule has 100 valence electrons. The molecule has 0 unspecified atom stereocenters. The van der Waals surface area contributed by atoms with Gasteiger partial charge in [-0.1, -0.05) is 19.3 Å². The van der Waals surface area contributed by atoms with E-state index < -0.39 is 8.72 Å². The Bertz CT molecular complexity index is 204. The third-order valence-electron chi connectivity index (χ3n) is 4.16. The fourth-order valence-corrected chi connectivity index (χ4v) is 7.09. The van der Waals surface area contributed by atoms with E-state index in [1.807, 2.05) is 14.2 Å². The van der Waals surface area contributed by atoms with E-state index in [0.717, 1.165) is 26.3 Å². The van der Waals surface area contributed by atoms with Crippen LogP contribution in [0.2, 0.25) is 5.54 Å². The molecule has 2 aliphatic rings. The summed E-state index contributed by atoms with van der Waals surface area (Å²) in [5.74, 6) is 0. The Morgan fingerprint density at radius 2 is 1.59 bits per heavy atom. The molecule has 0 aromatic rings. The third kappa shape index (κ3) is 2.74. The van der Waals surface area contributed by atoms with Gasteiger partial charge in [0.25, 0.3) is 0 Å². The molecule has 1 aliphatic heterocycles. The van der Waals surface area contributed by atoms with Gasteiger partial charge in [0.15, 0.2) is 0 Å². The second-order valence-electron chi connectivity index (χ2n) is 4.97. The standard InChI is InChI=1S/C12H25NO3Si/c1-14-17(15-2,12-6-4-3-5-7-12)13-8-10-16-11-9-13/h12H,3-11H2,1-2H3. The van der Waals surface area contributed by atoms with Gasteiger partial charge in [-0.05, 0) is 12.8 Å². The predicted molar refractivity (Wildman–Crippen MR) is 69.0 cm³/mol. The maximum absolute atomic E-state index is 5.95. The van der Waals surface area contributed by atoms with Crippen molar-refractivity contribution in [2.24, 2.45) is 0 Å². The van der Waals surface area contributed by atoms with Crippen LogP contribution in [0, 0.1) is 0 Å². The SMILES string of the molecule is CO[Si](OC)(C1CCCCC1)N1CCOCC1. The topological polar surface area (TPSA) is 30.9 Å². The molecule has 2 fully saturated rings. The first-order valence-electron chi connectivity index (χ1n) is 6.76. The summed E-state index contributed by atoms with van der Waals surface area (Å²) in [6, 6.07) is 0. The maximum Gasteiger partial charge on any atom is 0.430 e. The number of nitrogens with zero attached hydrogens (tertiary/aromatic N) is 1. The molecule has 0 amide bonds. The number of hydrogen-bond acceptors (Lipinski definition) is 4. The molecule has 1 saturated carbocycles. The van der Waals surface area contributed by atoms with Gasteiger partial charge in [0.05, 0.1) is 13.2 Å². The zero-order chi connectivity index (χ0) is 12.1. The first-order chi connectivity index (χ1) is 8.33. The van der Waals surface area contributed by atoms with Gasteiger partial charge >= 0.3 is 8.72 Å². The Morgan fingerprint density at radius 1 is 1.00 bits per heavy atom. The van der Waals surface area contributed by atoms with Crippen LogP contribution in [0.25, 0.3) is 0 Å². The molecule has 2 rings (SSSR count). The van der Waals surface area contributed by atoms with E-state index in [-0.39, 0.29) is 0 Å². The second-order valence-corrected chi connectivity index (χ2v) is 8.50. The Kier molecular flexibility index (Phi) is 4.99. The fraction of sp³-hybridized carbons (Fsp3) is 1.00. The first kappa shape index (κ1) is 13.5. The molecule has 0 radical (unpaired) electrons. The summed E-state index contributed by atoms with van der Waals surface area (Å²) in [7, 11) is 1.48. The zero-order valence-corrected chi connectivity index (χ0v) is 12.1. The number of hydrogen-bond donors (Lipinski definition) is 0. The van der Waals surface area contributed by atoms with Gasteiger partial charge < -0.3 is 13.6 Å². The lowest BCUT2D eigenvalue weighted by molar-refractivity contribution is 0.0354. The van der Waals surface area contributed by atoms with E-state index >= 15 is 0 Å². The largest absolute Gasteiger partial charge is 0.430 e. The highest BCUT2D eigenvalue weighted by atomic mass is 28.4. The molecule has 17 heavy (non-hydrogen) atoms. The molecule has 0 aromatic carbocycles. The van der Waals surface area contributed by atoms with Crippen molar-refractivity contribution in [2.45, 2.75) is 37.6 Å². The van der Waals surface area contributed by atoms with Crippen molar-refractivity contribution in [2.75, 3.05) is 40.5 Å². The summed E-state index contributed by atoms with van der Waals surface area (Å²) in [5, 5.41) is 0. The quantitative estimate of drug-likeness (QED) is 0.721. The lowest BCUT2D eigenvalue weighted by atomic mass is 10.0. The lowest BCUT2D eigenvalue weighted by Crippen LogP contribution is -2.63. The van der Waals surface area contributed by atoms with Gasteiger partial charge in [0.1, 0.15) is 0 Å². The number of ether oxygens (including phenoxy) is 1. The number of rotatable bonds is 4. The van der Waals surface area contributed by atoms with Crippen molar-refractivity contribution >= 4 is 8.72 Å². The summed E-state index contributed by atoms with van der Waals surface area (Å²) in [5.41, 5.74) is 0.629. The van der Waals surface area contributed by atoms with Crippen molar-refractivity contribution in [1.82, 2.24) is 4.57 Å². The van der Waals surface area contributed by atoms with Crippen LogP contribution in [-0.4, -0.2) is 53.8 Å². The van der Waals surface area contributed by atoms with E-state index in [1.54, 1.807) is 0 Å². The van der Waals surface area contributed by atoms with Crippen molar-refractivity contribution in [3.63, 3.8) is 0 Å². The van der Waals surface area contributed by atoms with Crippen molar-refractivity contribution in [1.29, 1.82) is 0 Å². The molecule has 4 nitrogen and oxygen atoms in total. The number of morpholine rings is 1. The molecule has 5 heteroatoms. The van der Waals surface area contributed by atoms with Crippen molar-refractivity contribution < 1.29 is 13.6 Å². The minimum Gasteiger partial charge on any atom is -0.386 e. The van der Waals surface area contributed by atoms with Crippen molar-refractivity contribution in [3.05, 3.63) is 0 Å². The Morgan fingerprint density at radius 3 is 2.12 bits per heavy atom. The summed E-state index contributed by atoms with van der Waals surface area (Å²) < 4.78 is 19.8. The summed E-state index contributed by atoms with van der Waals surface area (Å²) in [4.78, 5) is 0. The maximum atomic E-state index is 5.95. The molecule has 0 atom stereocenters. The normalized spacial score (nSPS) is 25.1. The van der Waals surface area contributed by atoms with Gasteiger partial charge in [-0.2, -0.15) is 0 Å². The monoisotopic (exact) mass is 259 g/mol. The Hall–Kier alpha value is 0.0569. The van der Waals surface area contributed by atoms with E-state index in [4.69, 9.17) is 13.6 Å². The average Bonchev–Trinajstić information content (AvgIpc) is 2.43. The molecule has 0 bridgehead atoms. The molecule has 0 N–H and O–H groups in total. The van der Waals surface area contributed by atoms with E-state index in [2.05, 4.69) is 4.57 Å². The second kappa shape index (κ2) is 6.29. The molecular weight excluding hydrogens is 234 g/mol. The van der Waals surface area contributed by atoms with Crippen molar-refractivity contribution in [3.8, 4) is 0 Å². The summed E-state index contributed by atoms with van der Waals surface area (Å²) in [6.45, 7) is 3.55. The van der Waals surface area contributed by atoms with E-state index in [0.29, 0.717) is 5.54 Å². The van der Waals surface area contributed by atoms with Crippen LogP contribution in [0.4, 0.5) is 0 Å². The van der Waals surface area contributed by atoms with Gasteiger partial charge in [0.2, 0.25) is 0 Å². The summed E-state index contributed by atoms with van der Waals surface area (Å²) in [6.07, 6.45) is 6.57. The molecule has 0 aromatic heterocycles. The molecular formula is C12H25NO3Si. The van der Waals surface area contributed by atoms with Crippen LogP contribution in [0.1, 0.15) is 32.1 Å². The van der Waals surface area contributed by atoms with Crippen LogP contribution < -0.4 is 0 Å². The zero-order valence-electron chi connectivity index (χ0n) is 11.1. The van der Waals surface area contributed by atoms with Gasteiger partial charge in [-0.3, -0.25) is 4.57 Å². The van der Waals surface area contributed by atoms with Crippen LogP contribution in [-0.2, 0) is 13.6 Å². The van der Waals surface area contributed by atoms with E-state index in [9.17, 15) is 0 Å². The predicted octanol–water partition coefficient (Wildman–Crippen LogP) is 1.88. The minimum atomic E-state index is -2.19. The first-order valence-corrected chi connectivity index (χ1v) is 8.60.